The minimum Gasteiger partial charge on any atom is -0.377 e. The van der Waals surface area contributed by atoms with Crippen LogP contribution >= 0.6 is 0 Å². The Morgan fingerprint density at radius 2 is 1.62 bits per heavy atom. The summed E-state index contributed by atoms with van der Waals surface area (Å²) >= 11 is 0. The van der Waals surface area contributed by atoms with E-state index in [1.54, 1.807) is 0 Å². The Bertz CT molecular complexity index is 1420. The summed E-state index contributed by atoms with van der Waals surface area (Å²) in [6.07, 6.45) is 0.818. The lowest BCUT2D eigenvalue weighted by Crippen LogP contribution is -2.26. The molecular formula is C31H38N3O2Si. The number of ketones is 1. The first-order valence-electron chi connectivity index (χ1n) is 13.0. The molecular weight excluding hydrogens is 474 g/mol. The van der Waals surface area contributed by atoms with Crippen LogP contribution in [0.15, 0.2) is 54.6 Å². The number of carbonyl (C=O) groups is 1. The van der Waals surface area contributed by atoms with Gasteiger partial charge in [0, 0.05) is 29.8 Å². The van der Waals surface area contributed by atoms with Crippen LogP contribution in [0, 0.1) is 13.8 Å². The summed E-state index contributed by atoms with van der Waals surface area (Å²) in [4.78, 5) is 23.1. The van der Waals surface area contributed by atoms with Gasteiger partial charge < -0.3 is 9.30 Å². The number of ether oxygens (including phenoxy) is 1. The fourth-order valence-corrected chi connectivity index (χ4v) is 4.81. The van der Waals surface area contributed by atoms with Crippen molar-refractivity contribution in [3.63, 3.8) is 0 Å². The number of hydrogen-bond acceptors (Lipinski definition) is 4. The molecule has 0 aliphatic carbocycles. The molecule has 5 nitrogen and oxygen atoms in total. The van der Waals surface area contributed by atoms with Gasteiger partial charge >= 0.3 is 0 Å². The molecule has 0 spiro atoms. The Balaban J connectivity index is 1.54. The van der Waals surface area contributed by atoms with E-state index in [4.69, 9.17) is 14.7 Å². The van der Waals surface area contributed by atoms with Crippen LogP contribution in [0.4, 0.5) is 0 Å². The van der Waals surface area contributed by atoms with Gasteiger partial charge in [0.25, 0.3) is 0 Å². The molecule has 6 heteroatoms. The number of aromatic nitrogens is 3. The van der Waals surface area contributed by atoms with E-state index in [-0.39, 0.29) is 10.8 Å². The Morgan fingerprint density at radius 3 is 2.27 bits per heavy atom. The van der Waals surface area contributed by atoms with Crippen LogP contribution in [-0.4, -0.2) is 35.7 Å². The van der Waals surface area contributed by atoms with Gasteiger partial charge in [0.05, 0.1) is 21.9 Å². The normalized spacial score (nSPS) is 12.0. The van der Waals surface area contributed by atoms with Crippen molar-refractivity contribution in [3.8, 4) is 0 Å². The average Bonchev–Trinajstić information content (AvgIpc) is 3.21. The molecule has 0 bridgehead atoms. The van der Waals surface area contributed by atoms with Gasteiger partial charge in [0.1, 0.15) is 11.3 Å². The fourth-order valence-electron chi connectivity index (χ4n) is 4.42. The fraction of sp³-hybridized carbons (Fsp3) is 0.387. The van der Waals surface area contributed by atoms with Crippen molar-refractivity contribution in [2.45, 2.75) is 72.3 Å². The molecule has 0 unspecified atom stereocenters. The zero-order valence-electron chi connectivity index (χ0n) is 23.2. The van der Waals surface area contributed by atoms with Crippen LogP contribution in [-0.2, 0) is 24.3 Å². The highest BCUT2D eigenvalue weighted by Crippen LogP contribution is 2.29. The van der Waals surface area contributed by atoms with E-state index < -0.39 is 8.80 Å². The van der Waals surface area contributed by atoms with Crippen molar-refractivity contribution in [3.05, 3.63) is 93.9 Å². The van der Waals surface area contributed by atoms with Crippen LogP contribution < -0.4 is 0 Å². The average molecular weight is 513 g/mol. The standard InChI is InChI=1S/C31H38N3O2Si/c1-8-27-33-28-21(2)15-22(3)32-30(28)34(27)18-23-11-9-13-25(16-23)29(35)26-14-10-12-24(17-26)19-36-20-31(4,5)37(6)7/h9-17H,8,18-20H2,1-7H3. The molecule has 0 fully saturated rings. The summed E-state index contributed by atoms with van der Waals surface area (Å²) in [5, 5.41) is 0.212. The molecule has 2 heterocycles. The highest BCUT2D eigenvalue weighted by atomic mass is 28.3. The van der Waals surface area contributed by atoms with Crippen molar-refractivity contribution < 1.29 is 9.53 Å². The topological polar surface area (TPSA) is 57.0 Å². The number of imidazole rings is 1. The number of aryl methyl sites for hydroxylation is 3. The second-order valence-corrected chi connectivity index (χ2v) is 14.2. The summed E-state index contributed by atoms with van der Waals surface area (Å²) in [7, 11) is -0.454. The van der Waals surface area contributed by atoms with E-state index >= 15 is 0 Å². The SMILES string of the molecule is CCc1nc2c(C)cc(C)nc2n1Cc1cccc(C(=O)c2cccc(COCC(C)(C)[Si](C)C)c2)c1. The van der Waals surface area contributed by atoms with Gasteiger partial charge in [-0.3, -0.25) is 4.79 Å². The maximum atomic E-state index is 13.4. The molecule has 1 radical (unpaired) electrons. The third-order valence-corrected chi connectivity index (χ3v) is 10.1. The number of fused-ring (bicyclic) bond motifs is 1. The number of rotatable bonds is 10. The van der Waals surface area contributed by atoms with Crippen LogP contribution in [0.3, 0.4) is 0 Å². The maximum Gasteiger partial charge on any atom is 0.193 e. The van der Waals surface area contributed by atoms with Gasteiger partial charge in [0.2, 0.25) is 0 Å². The molecule has 0 N–H and O–H groups in total. The third kappa shape index (κ3) is 6.08. The van der Waals surface area contributed by atoms with Crippen LogP contribution in [0.25, 0.3) is 11.2 Å². The highest BCUT2D eigenvalue weighted by Gasteiger charge is 2.24. The smallest absolute Gasteiger partial charge is 0.193 e. The molecule has 0 saturated carbocycles. The zero-order chi connectivity index (χ0) is 26.7. The summed E-state index contributed by atoms with van der Waals surface area (Å²) in [5.41, 5.74) is 7.42. The second kappa shape index (κ2) is 11.1. The zero-order valence-corrected chi connectivity index (χ0v) is 24.2. The summed E-state index contributed by atoms with van der Waals surface area (Å²) in [6, 6.07) is 17.8. The van der Waals surface area contributed by atoms with Crippen molar-refractivity contribution in [1.29, 1.82) is 0 Å². The molecule has 0 amide bonds. The summed E-state index contributed by atoms with van der Waals surface area (Å²) in [5.74, 6) is 1.02. The van der Waals surface area contributed by atoms with Crippen molar-refractivity contribution in [1.82, 2.24) is 14.5 Å². The number of pyridine rings is 1. The van der Waals surface area contributed by atoms with Crippen LogP contribution in [0.2, 0.25) is 18.1 Å². The van der Waals surface area contributed by atoms with Crippen molar-refractivity contribution in [2.75, 3.05) is 6.61 Å². The monoisotopic (exact) mass is 512 g/mol. The van der Waals surface area contributed by atoms with E-state index in [2.05, 4.69) is 57.5 Å². The van der Waals surface area contributed by atoms with Crippen molar-refractivity contribution in [2.24, 2.45) is 0 Å². The number of carbonyl (C=O) groups excluding carboxylic acids is 1. The van der Waals surface area contributed by atoms with E-state index in [1.807, 2.05) is 49.4 Å². The third-order valence-electron chi connectivity index (χ3n) is 7.22. The first-order chi connectivity index (χ1) is 17.6. The van der Waals surface area contributed by atoms with E-state index in [1.165, 1.54) is 0 Å². The molecule has 2 aromatic carbocycles. The first-order valence-corrected chi connectivity index (χ1v) is 15.5. The van der Waals surface area contributed by atoms with Crippen molar-refractivity contribution >= 4 is 25.7 Å². The van der Waals surface area contributed by atoms with Crippen LogP contribution in [0.5, 0.6) is 0 Å². The molecule has 4 aromatic rings. The number of nitrogens with zero attached hydrogens (tertiary/aromatic N) is 3. The molecule has 193 valence electrons. The predicted molar refractivity (Wildman–Crippen MR) is 153 cm³/mol. The molecule has 37 heavy (non-hydrogen) atoms. The van der Waals surface area contributed by atoms with Crippen LogP contribution in [0.1, 0.15) is 64.9 Å². The molecule has 0 saturated heterocycles. The molecule has 0 aliphatic heterocycles. The maximum absolute atomic E-state index is 13.4. The Kier molecular flexibility index (Phi) is 8.10. The van der Waals surface area contributed by atoms with Gasteiger partial charge in [-0.25, -0.2) is 9.97 Å². The lowest BCUT2D eigenvalue weighted by atomic mass is 10.00. The lowest BCUT2D eigenvalue weighted by Gasteiger charge is -2.27. The van der Waals surface area contributed by atoms with Gasteiger partial charge in [-0.1, -0.05) is 70.3 Å². The summed E-state index contributed by atoms with van der Waals surface area (Å²) < 4.78 is 8.22. The lowest BCUT2D eigenvalue weighted by molar-refractivity contribution is 0.100. The first kappa shape index (κ1) is 27.0. The summed E-state index contributed by atoms with van der Waals surface area (Å²) in [6.45, 7) is 17.2. The van der Waals surface area contributed by atoms with E-state index in [9.17, 15) is 4.79 Å². The number of benzene rings is 2. The van der Waals surface area contributed by atoms with E-state index in [0.717, 1.165) is 52.4 Å². The second-order valence-electron chi connectivity index (χ2n) is 10.8. The van der Waals surface area contributed by atoms with Gasteiger partial charge in [-0.15, -0.1) is 0 Å². The number of hydrogen-bond donors (Lipinski definition) is 0. The predicted octanol–water partition coefficient (Wildman–Crippen LogP) is 6.94. The quantitative estimate of drug-likeness (QED) is 0.171. The Labute approximate surface area is 222 Å². The molecule has 4 rings (SSSR count). The Hall–Kier alpha value is -3.09. The largest absolute Gasteiger partial charge is 0.377 e. The van der Waals surface area contributed by atoms with Gasteiger partial charge in [0.15, 0.2) is 11.4 Å². The van der Waals surface area contributed by atoms with Gasteiger partial charge in [-0.05, 0) is 53.8 Å². The highest BCUT2D eigenvalue weighted by molar-refractivity contribution is 6.59. The molecule has 2 aromatic heterocycles. The minimum absolute atomic E-state index is 0.0210. The molecule has 0 aliphatic rings. The minimum atomic E-state index is -0.454. The van der Waals surface area contributed by atoms with Gasteiger partial charge in [-0.2, -0.15) is 0 Å². The molecule has 0 atom stereocenters. The Morgan fingerprint density at radius 1 is 0.973 bits per heavy atom. The van der Waals surface area contributed by atoms with E-state index in [0.29, 0.717) is 24.3 Å².